The van der Waals surface area contributed by atoms with Crippen LogP contribution < -0.4 is 10.1 Å². The van der Waals surface area contributed by atoms with E-state index in [1.165, 1.54) is 0 Å². The van der Waals surface area contributed by atoms with Crippen LogP contribution in [0.2, 0.25) is 0 Å². The van der Waals surface area contributed by atoms with Gasteiger partial charge in [0.25, 0.3) is 0 Å². The lowest BCUT2D eigenvalue weighted by Crippen LogP contribution is -2.20. The number of carbonyl (C=O) groups excluding carboxylic acids is 3. The predicted octanol–water partition coefficient (Wildman–Crippen LogP) is 4.19. The summed E-state index contributed by atoms with van der Waals surface area (Å²) in [5.74, 6) is -0.265. The molecule has 3 aromatic rings. The smallest absolute Gasteiger partial charge is 0.338 e. The van der Waals surface area contributed by atoms with Crippen LogP contribution in [0, 0.1) is 0 Å². The van der Waals surface area contributed by atoms with Gasteiger partial charge in [0.2, 0.25) is 5.91 Å². The van der Waals surface area contributed by atoms with Gasteiger partial charge in [0.05, 0.1) is 5.56 Å². The molecular formula is C25H21NO5. The molecule has 0 saturated carbocycles. The molecule has 1 aliphatic heterocycles. The summed E-state index contributed by atoms with van der Waals surface area (Å²) in [6.45, 7) is 0.0832. The largest absolute Gasteiger partial charge is 0.489 e. The number of carbonyl (C=O) groups is 3. The van der Waals surface area contributed by atoms with E-state index in [0.29, 0.717) is 36.3 Å². The topological polar surface area (TPSA) is 81.7 Å². The van der Waals surface area contributed by atoms with Crippen molar-refractivity contribution in [2.24, 2.45) is 0 Å². The molecule has 6 heteroatoms. The van der Waals surface area contributed by atoms with Gasteiger partial charge < -0.3 is 14.8 Å². The molecule has 0 bridgehead atoms. The Morgan fingerprint density at radius 1 is 0.871 bits per heavy atom. The highest BCUT2D eigenvalue weighted by Crippen LogP contribution is 2.24. The number of Topliss-reactive ketones (excluding diaryl/α,β-unsaturated/α-hetero) is 1. The minimum absolute atomic E-state index is 0.0306. The van der Waals surface area contributed by atoms with Crippen molar-refractivity contribution >= 4 is 23.3 Å². The number of anilines is 1. The lowest BCUT2D eigenvalue weighted by atomic mass is 9.99. The summed E-state index contributed by atoms with van der Waals surface area (Å²) < 4.78 is 10.9. The second kappa shape index (κ2) is 9.26. The molecule has 0 unspecified atom stereocenters. The normalized spacial score (nSPS) is 12.5. The first kappa shape index (κ1) is 20.3. The SMILES string of the molecule is O=C1CCc2cc(C(=O)COC(=O)c3ccc(OCc4ccccc4)cc3)ccc2N1. The fraction of sp³-hybridized carbons (Fsp3) is 0.160. The highest BCUT2D eigenvalue weighted by atomic mass is 16.5. The Morgan fingerprint density at radius 3 is 2.39 bits per heavy atom. The van der Waals surface area contributed by atoms with Crippen molar-refractivity contribution in [3.05, 3.63) is 95.1 Å². The number of esters is 1. The number of nitrogens with one attached hydrogen (secondary N) is 1. The molecule has 6 nitrogen and oxygen atoms in total. The second-order valence-corrected chi connectivity index (χ2v) is 7.22. The lowest BCUT2D eigenvalue weighted by molar-refractivity contribution is -0.116. The van der Waals surface area contributed by atoms with Gasteiger partial charge in [0.1, 0.15) is 12.4 Å². The number of rotatable bonds is 7. The van der Waals surface area contributed by atoms with Gasteiger partial charge in [-0.15, -0.1) is 0 Å². The van der Waals surface area contributed by atoms with Gasteiger partial charge in [0.15, 0.2) is 12.4 Å². The minimum atomic E-state index is -0.576. The van der Waals surface area contributed by atoms with Crippen molar-refractivity contribution in [3.63, 3.8) is 0 Å². The van der Waals surface area contributed by atoms with Crippen molar-refractivity contribution in [1.29, 1.82) is 0 Å². The van der Waals surface area contributed by atoms with Crippen LogP contribution in [-0.2, 0) is 22.6 Å². The van der Waals surface area contributed by atoms with Gasteiger partial charge in [-0.1, -0.05) is 30.3 Å². The van der Waals surface area contributed by atoms with Crippen LogP contribution in [0.1, 0.15) is 38.3 Å². The highest BCUT2D eigenvalue weighted by Gasteiger charge is 2.18. The third kappa shape index (κ3) is 5.17. The molecule has 1 N–H and O–H groups in total. The van der Waals surface area contributed by atoms with Gasteiger partial charge in [0, 0.05) is 17.7 Å². The maximum absolute atomic E-state index is 12.4. The Bertz CT molecular complexity index is 1110. The van der Waals surface area contributed by atoms with Crippen LogP contribution in [-0.4, -0.2) is 24.3 Å². The lowest BCUT2D eigenvalue weighted by Gasteiger charge is -2.17. The Hall–Kier alpha value is -3.93. The summed E-state index contributed by atoms with van der Waals surface area (Å²) in [5.41, 5.74) is 3.47. The number of hydrogen-bond donors (Lipinski definition) is 1. The van der Waals surface area contributed by atoms with E-state index >= 15 is 0 Å². The Morgan fingerprint density at radius 2 is 1.61 bits per heavy atom. The van der Waals surface area contributed by atoms with Crippen molar-refractivity contribution in [2.75, 3.05) is 11.9 Å². The number of amides is 1. The second-order valence-electron chi connectivity index (χ2n) is 7.22. The van der Waals surface area contributed by atoms with Crippen LogP contribution in [0.15, 0.2) is 72.8 Å². The average Bonchev–Trinajstić information content (AvgIpc) is 2.81. The summed E-state index contributed by atoms with van der Waals surface area (Å²) in [6, 6.07) is 21.4. The van der Waals surface area contributed by atoms with E-state index < -0.39 is 5.97 Å². The van der Waals surface area contributed by atoms with Crippen LogP contribution in [0.3, 0.4) is 0 Å². The molecule has 0 aromatic heterocycles. The molecule has 4 rings (SSSR count). The molecule has 0 radical (unpaired) electrons. The first-order chi connectivity index (χ1) is 15.1. The van der Waals surface area contributed by atoms with Crippen molar-refractivity contribution < 1.29 is 23.9 Å². The van der Waals surface area contributed by atoms with E-state index in [4.69, 9.17) is 9.47 Å². The number of benzene rings is 3. The molecule has 1 amide bonds. The van der Waals surface area contributed by atoms with Gasteiger partial charge in [-0.05, 0) is 60.0 Å². The number of aryl methyl sites for hydroxylation is 1. The standard InChI is InChI=1S/C25H21NO5/c27-23(20-8-12-22-19(14-20)9-13-24(28)26-22)16-31-25(29)18-6-10-21(11-7-18)30-15-17-4-2-1-3-5-17/h1-8,10-12,14H,9,13,15-16H2,(H,26,28). The maximum Gasteiger partial charge on any atom is 0.338 e. The number of ketones is 1. The summed E-state index contributed by atoms with van der Waals surface area (Å²) in [5, 5.41) is 2.77. The summed E-state index contributed by atoms with van der Waals surface area (Å²) in [4.78, 5) is 36.1. The Kier molecular flexibility index (Phi) is 6.08. The quantitative estimate of drug-likeness (QED) is 0.462. The monoisotopic (exact) mass is 415 g/mol. The summed E-state index contributed by atoms with van der Waals surface area (Å²) in [6.07, 6.45) is 0.978. The molecular weight excluding hydrogens is 394 g/mol. The van der Waals surface area contributed by atoms with E-state index in [1.54, 1.807) is 42.5 Å². The minimum Gasteiger partial charge on any atom is -0.489 e. The van der Waals surface area contributed by atoms with Crippen molar-refractivity contribution in [2.45, 2.75) is 19.4 Å². The van der Waals surface area contributed by atoms with E-state index in [-0.39, 0.29) is 18.3 Å². The van der Waals surface area contributed by atoms with E-state index in [9.17, 15) is 14.4 Å². The van der Waals surface area contributed by atoms with Crippen LogP contribution in [0.5, 0.6) is 5.75 Å². The molecule has 0 spiro atoms. The first-order valence-electron chi connectivity index (χ1n) is 9.98. The van der Waals surface area contributed by atoms with E-state index in [1.807, 2.05) is 30.3 Å². The van der Waals surface area contributed by atoms with Crippen LogP contribution in [0.4, 0.5) is 5.69 Å². The summed E-state index contributed by atoms with van der Waals surface area (Å²) >= 11 is 0. The molecule has 0 fully saturated rings. The molecule has 0 atom stereocenters. The first-order valence-corrected chi connectivity index (χ1v) is 9.98. The predicted molar refractivity (Wildman–Crippen MR) is 115 cm³/mol. The fourth-order valence-corrected chi connectivity index (χ4v) is 3.28. The van der Waals surface area contributed by atoms with E-state index in [0.717, 1.165) is 16.8 Å². The zero-order chi connectivity index (χ0) is 21.6. The van der Waals surface area contributed by atoms with Crippen molar-refractivity contribution in [3.8, 4) is 5.75 Å². The zero-order valence-corrected chi connectivity index (χ0v) is 16.8. The van der Waals surface area contributed by atoms with Gasteiger partial charge in [-0.25, -0.2) is 4.79 Å². The molecule has 31 heavy (non-hydrogen) atoms. The molecule has 0 aliphatic carbocycles. The zero-order valence-electron chi connectivity index (χ0n) is 16.8. The molecule has 1 aliphatic rings. The number of hydrogen-bond acceptors (Lipinski definition) is 5. The molecule has 3 aromatic carbocycles. The molecule has 1 heterocycles. The summed E-state index contributed by atoms with van der Waals surface area (Å²) in [7, 11) is 0. The van der Waals surface area contributed by atoms with Crippen LogP contribution in [0.25, 0.3) is 0 Å². The van der Waals surface area contributed by atoms with Gasteiger partial charge in [-0.3, -0.25) is 9.59 Å². The van der Waals surface area contributed by atoms with Gasteiger partial charge in [-0.2, -0.15) is 0 Å². The maximum atomic E-state index is 12.4. The average molecular weight is 415 g/mol. The molecule has 0 saturated heterocycles. The Labute approximate surface area is 179 Å². The molecule has 156 valence electrons. The number of ether oxygens (including phenoxy) is 2. The fourth-order valence-electron chi connectivity index (χ4n) is 3.28. The van der Waals surface area contributed by atoms with Gasteiger partial charge >= 0.3 is 5.97 Å². The van der Waals surface area contributed by atoms with Crippen molar-refractivity contribution in [1.82, 2.24) is 0 Å². The number of fused-ring (bicyclic) bond motifs is 1. The third-order valence-corrected chi connectivity index (χ3v) is 5.00. The Balaban J connectivity index is 1.30. The van der Waals surface area contributed by atoms with E-state index in [2.05, 4.69) is 5.32 Å². The highest BCUT2D eigenvalue weighted by molar-refractivity contribution is 6.01. The third-order valence-electron chi connectivity index (χ3n) is 5.00. The van der Waals surface area contributed by atoms with Crippen LogP contribution >= 0.6 is 0 Å².